The van der Waals surface area contributed by atoms with Gasteiger partial charge in [-0.2, -0.15) is 10.4 Å². The van der Waals surface area contributed by atoms with Crippen LogP contribution in [0, 0.1) is 11.3 Å². The molecule has 1 unspecified atom stereocenters. The minimum absolute atomic E-state index is 0.0315. The van der Waals surface area contributed by atoms with E-state index in [0.717, 1.165) is 60.2 Å². The molecule has 0 bridgehead atoms. The number of likely N-dealkylation sites (tertiary alicyclic amines) is 1. The molecule has 7 rings (SSSR count). The standard InChI is InChI=1S/C34H42N8O2/c1-5-31(43)42-21(2)17-41(18-22(42)3)33-26-12-14-40(32-25(23-8-9-23)10-11-29-28(32)16-36-38-29)19-30(26)37-34(27(33)15-35)44-20-24-7-6-13-39(24)4/h5,10-11,16,21-24H,1,6-9,12-14,17-20H2,2-4H3,(H,36,38)/t21-,22+,24?. The minimum Gasteiger partial charge on any atom is -0.475 e. The van der Waals surface area contributed by atoms with E-state index in [9.17, 15) is 10.1 Å². The Labute approximate surface area is 259 Å². The number of ether oxygens (including phenoxy) is 1. The zero-order valence-corrected chi connectivity index (χ0v) is 26.1. The maximum Gasteiger partial charge on any atom is 0.246 e. The maximum absolute atomic E-state index is 12.7. The molecule has 0 radical (unpaired) electrons. The van der Waals surface area contributed by atoms with Gasteiger partial charge < -0.3 is 24.3 Å². The molecule has 3 aliphatic heterocycles. The highest BCUT2D eigenvalue weighted by molar-refractivity contribution is 5.94. The van der Waals surface area contributed by atoms with Gasteiger partial charge in [0.1, 0.15) is 18.2 Å². The van der Waals surface area contributed by atoms with Gasteiger partial charge in [-0.25, -0.2) is 4.98 Å². The monoisotopic (exact) mass is 594 g/mol. The molecule has 10 heteroatoms. The van der Waals surface area contributed by atoms with Gasteiger partial charge in [0.2, 0.25) is 11.8 Å². The summed E-state index contributed by atoms with van der Waals surface area (Å²) < 4.78 is 6.47. The van der Waals surface area contributed by atoms with Crippen molar-refractivity contribution in [3.63, 3.8) is 0 Å². The Morgan fingerprint density at radius 1 is 1.16 bits per heavy atom. The number of piperazine rings is 1. The predicted molar refractivity (Wildman–Crippen MR) is 171 cm³/mol. The Kier molecular flexibility index (Phi) is 7.45. The van der Waals surface area contributed by atoms with E-state index in [1.54, 1.807) is 0 Å². The number of hydrogen-bond acceptors (Lipinski definition) is 8. The molecule has 1 saturated carbocycles. The van der Waals surface area contributed by atoms with E-state index in [-0.39, 0.29) is 18.0 Å². The zero-order chi connectivity index (χ0) is 30.5. The molecule has 1 amide bonds. The number of aromatic amines is 1. The van der Waals surface area contributed by atoms with Crippen molar-refractivity contribution in [1.82, 2.24) is 25.0 Å². The molecule has 4 aliphatic rings. The number of pyridine rings is 1. The average molecular weight is 595 g/mol. The van der Waals surface area contributed by atoms with E-state index in [2.05, 4.69) is 70.6 Å². The fourth-order valence-electron chi connectivity index (χ4n) is 7.79. The first-order valence-corrected chi connectivity index (χ1v) is 16.1. The number of hydrogen-bond donors (Lipinski definition) is 1. The van der Waals surface area contributed by atoms with E-state index >= 15 is 0 Å². The van der Waals surface area contributed by atoms with Crippen LogP contribution >= 0.6 is 0 Å². The third kappa shape index (κ3) is 4.97. The molecular formula is C34H42N8O2. The summed E-state index contributed by atoms with van der Waals surface area (Å²) in [5.74, 6) is 0.967. The number of nitrogens with one attached hydrogen (secondary N) is 1. The summed E-state index contributed by atoms with van der Waals surface area (Å²) >= 11 is 0. The molecule has 2 aromatic heterocycles. The molecule has 3 aromatic rings. The highest BCUT2D eigenvalue weighted by Gasteiger charge is 2.37. The molecule has 44 heavy (non-hydrogen) atoms. The van der Waals surface area contributed by atoms with Gasteiger partial charge in [-0.1, -0.05) is 12.6 Å². The van der Waals surface area contributed by atoms with Gasteiger partial charge in [0.25, 0.3) is 0 Å². The summed E-state index contributed by atoms with van der Waals surface area (Å²) in [5.41, 5.74) is 7.22. The third-order valence-electron chi connectivity index (χ3n) is 10.1. The minimum atomic E-state index is -0.0536. The van der Waals surface area contributed by atoms with Gasteiger partial charge in [-0.3, -0.25) is 9.89 Å². The van der Waals surface area contributed by atoms with Crippen molar-refractivity contribution in [3.8, 4) is 11.9 Å². The van der Waals surface area contributed by atoms with E-state index in [1.165, 1.54) is 30.2 Å². The first-order chi connectivity index (χ1) is 21.4. The number of aromatic nitrogens is 3. The fourth-order valence-corrected chi connectivity index (χ4v) is 7.79. The molecule has 5 heterocycles. The zero-order valence-electron chi connectivity index (χ0n) is 26.1. The largest absolute Gasteiger partial charge is 0.475 e. The normalized spacial score (nSPS) is 24.0. The van der Waals surface area contributed by atoms with Crippen molar-refractivity contribution in [2.45, 2.75) is 76.5 Å². The van der Waals surface area contributed by atoms with E-state index < -0.39 is 0 Å². The Morgan fingerprint density at radius 3 is 2.64 bits per heavy atom. The molecule has 1 aromatic carbocycles. The SMILES string of the molecule is C=CC(=O)N1[C@H](C)CN(c2c(C#N)c(OCC3CCCN3C)nc3c2CCN(c2c(C4CC4)ccc4[nH]ncc24)C3)C[C@@H]1C. The Hall–Kier alpha value is -4.10. The van der Waals surface area contributed by atoms with Gasteiger partial charge in [0.15, 0.2) is 0 Å². The molecular weight excluding hydrogens is 552 g/mol. The smallest absolute Gasteiger partial charge is 0.246 e. The molecule has 10 nitrogen and oxygen atoms in total. The second-order valence-corrected chi connectivity index (χ2v) is 13.1. The summed E-state index contributed by atoms with van der Waals surface area (Å²) in [6.07, 6.45) is 8.79. The number of benzene rings is 1. The first kappa shape index (κ1) is 28.7. The summed E-state index contributed by atoms with van der Waals surface area (Å²) in [6, 6.07) is 7.17. The van der Waals surface area contributed by atoms with Crippen LogP contribution < -0.4 is 14.5 Å². The van der Waals surface area contributed by atoms with Crippen LogP contribution in [0.25, 0.3) is 10.9 Å². The van der Waals surface area contributed by atoms with Crippen LogP contribution in [0.1, 0.15) is 67.8 Å². The highest BCUT2D eigenvalue weighted by Crippen LogP contribution is 2.48. The van der Waals surface area contributed by atoms with Crippen LogP contribution in [0.5, 0.6) is 5.88 Å². The van der Waals surface area contributed by atoms with E-state index in [1.807, 2.05) is 11.1 Å². The van der Waals surface area contributed by atoms with Crippen molar-refractivity contribution < 1.29 is 9.53 Å². The van der Waals surface area contributed by atoms with Gasteiger partial charge >= 0.3 is 0 Å². The van der Waals surface area contributed by atoms with Crippen LogP contribution in [0.2, 0.25) is 0 Å². The lowest BCUT2D eigenvalue weighted by Crippen LogP contribution is -2.58. The van der Waals surface area contributed by atoms with Crippen LogP contribution in [-0.4, -0.2) is 88.8 Å². The van der Waals surface area contributed by atoms with Crippen molar-refractivity contribution in [2.24, 2.45) is 0 Å². The lowest BCUT2D eigenvalue weighted by molar-refractivity contribution is -0.130. The first-order valence-electron chi connectivity index (χ1n) is 16.1. The molecule has 3 fully saturated rings. The Morgan fingerprint density at radius 2 is 1.95 bits per heavy atom. The second-order valence-electron chi connectivity index (χ2n) is 13.1. The number of likely N-dealkylation sites (N-methyl/N-ethyl adjacent to an activating group) is 1. The molecule has 1 aliphatic carbocycles. The number of carbonyl (C=O) groups excluding carboxylic acids is 1. The van der Waals surface area contributed by atoms with Crippen LogP contribution in [0.15, 0.2) is 31.0 Å². The number of nitriles is 1. The average Bonchev–Trinajstić information content (AvgIpc) is 3.61. The maximum atomic E-state index is 12.7. The quantitative estimate of drug-likeness (QED) is 0.403. The third-order valence-corrected chi connectivity index (χ3v) is 10.1. The lowest BCUT2D eigenvalue weighted by Gasteiger charge is -2.46. The number of anilines is 2. The number of carbonyl (C=O) groups is 1. The highest BCUT2D eigenvalue weighted by atomic mass is 16.5. The summed E-state index contributed by atoms with van der Waals surface area (Å²) in [4.78, 5) is 26.8. The van der Waals surface area contributed by atoms with Crippen molar-refractivity contribution in [1.29, 1.82) is 5.26 Å². The molecule has 1 N–H and O–H groups in total. The Balaban J connectivity index is 1.29. The van der Waals surface area contributed by atoms with Crippen LogP contribution in [0.3, 0.4) is 0 Å². The number of fused-ring (bicyclic) bond motifs is 2. The topological polar surface area (TPSA) is 105 Å². The second kappa shape index (κ2) is 11.4. The number of nitrogens with zero attached hydrogens (tertiary/aromatic N) is 7. The molecule has 3 atom stereocenters. The van der Waals surface area contributed by atoms with Crippen LogP contribution in [0.4, 0.5) is 11.4 Å². The summed E-state index contributed by atoms with van der Waals surface area (Å²) in [5, 5.41) is 19.3. The molecule has 2 saturated heterocycles. The molecule has 0 spiro atoms. The fraction of sp³-hybridized carbons (Fsp3) is 0.529. The van der Waals surface area contributed by atoms with Gasteiger partial charge in [0, 0.05) is 48.7 Å². The van der Waals surface area contributed by atoms with Crippen molar-refractivity contribution in [2.75, 3.05) is 49.6 Å². The van der Waals surface area contributed by atoms with Gasteiger partial charge in [0.05, 0.1) is 35.3 Å². The Bertz CT molecular complexity index is 1630. The summed E-state index contributed by atoms with van der Waals surface area (Å²) in [6.45, 7) is 12.1. The number of H-pyrrole nitrogens is 1. The van der Waals surface area contributed by atoms with Gasteiger partial charge in [-0.05, 0) is 83.2 Å². The molecule has 230 valence electrons. The number of rotatable bonds is 7. The van der Waals surface area contributed by atoms with E-state index in [4.69, 9.17) is 9.72 Å². The summed E-state index contributed by atoms with van der Waals surface area (Å²) in [7, 11) is 2.14. The predicted octanol–water partition coefficient (Wildman–Crippen LogP) is 4.35. The van der Waals surface area contributed by atoms with Crippen LogP contribution in [-0.2, 0) is 17.8 Å². The van der Waals surface area contributed by atoms with Crippen molar-refractivity contribution in [3.05, 3.63) is 53.4 Å². The number of amides is 1. The lowest BCUT2D eigenvalue weighted by atomic mass is 9.95. The van der Waals surface area contributed by atoms with Crippen molar-refractivity contribution >= 4 is 28.2 Å². The van der Waals surface area contributed by atoms with E-state index in [0.29, 0.717) is 49.6 Å². The van der Waals surface area contributed by atoms with Gasteiger partial charge in [-0.15, -0.1) is 0 Å².